The number of nitrogens with zero attached hydrogens (tertiary/aromatic N) is 3. The van der Waals surface area contributed by atoms with Crippen LogP contribution >= 0.6 is 0 Å². The van der Waals surface area contributed by atoms with Gasteiger partial charge in [-0.25, -0.2) is 13.6 Å². The van der Waals surface area contributed by atoms with Gasteiger partial charge in [-0.2, -0.15) is 0 Å². The van der Waals surface area contributed by atoms with Gasteiger partial charge in [0.05, 0.1) is 5.75 Å². The first kappa shape index (κ1) is 10.2. The lowest BCUT2D eigenvalue weighted by molar-refractivity contribution is 0.593. The number of azide groups is 1. The van der Waals surface area contributed by atoms with E-state index in [1.807, 2.05) is 0 Å². The Bertz CT molecular complexity index is 241. The molecule has 0 aromatic carbocycles. The van der Waals surface area contributed by atoms with Gasteiger partial charge in [0.15, 0.2) is 0 Å². The number of nitrogens with two attached hydrogens (primary N) is 1. The lowest BCUT2D eigenvalue weighted by Gasteiger charge is -1.94. The van der Waals surface area contributed by atoms with Gasteiger partial charge in [0, 0.05) is 11.5 Å². The topological polar surface area (TPSA) is 109 Å². The minimum absolute atomic E-state index is 0.0477. The lowest BCUT2D eigenvalue weighted by atomic mass is 10.3. The second-order valence-electron chi connectivity index (χ2n) is 2.03. The van der Waals surface area contributed by atoms with E-state index in [-0.39, 0.29) is 5.75 Å². The Labute approximate surface area is 65.1 Å². The summed E-state index contributed by atoms with van der Waals surface area (Å²) < 4.78 is 20.7. The van der Waals surface area contributed by atoms with Crippen molar-refractivity contribution >= 4 is 10.0 Å². The summed E-state index contributed by atoms with van der Waals surface area (Å²) in [5.41, 5.74) is 7.84. The molecule has 64 valence electrons. The van der Waals surface area contributed by atoms with Gasteiger partial charge in [-0.05, 0) is 18.4 Å². The van der Waals surface area contributed by atoms with Crippen LogP contribution in [0.4, 0.5) is 0 Å². The average Bonchev–Trinajstić information content (AvgIpc) is 1.85. The van der Waals surface area contributed by atoms with E-state index in [9.17, 15) is 8.42 Å². The van der Waals surface area contributed by atoms with Crippen molar-refractivity contribution in [3.63, 3.8) is 0 Å². The highest BCUT2D eigenvalue weighted by molar-refractivity contribution is 7.89. The van der Waals surface area contributed by atoms with Gasteiger partial charge in [0.1, 0.15) is 0 Å². The van der Waals surface area contributed by atoms with Crippen molar-refractivity contribution in [1.82, 2.24) is 0 Å². The molecule has 0 unspecified atom stereocenters. The van der Waals surface area contributed by atoms with E-state index in [0.29, 0.717) is 19.4 Å². The predicted octanol–water partition coefficient (Wildman–Crippen LogP) is 0.365. The molecule has 0 spiro atoms. The van der Waals surface area contributed by atoms with Gasteiger partial charge in [0.25, 0.3) is 0 Å². The van der Waals surface area contributed by atoms with Crippen molar-refractivity contribution in [1.29, 1.82) is 0 Å². The van der Waals surface area contributed by atoms with Crippen LogP contribution in [0.3, 0.4) is 0 Å². The molecular weight excluding hydrogens is 168 g/mol. The average molecular weight is 178 g/mol. The molecule has 7 heteroatoms. The molecule has 0 aliphatic rings. The molecule has 0 saturated carbocycles. The Morgan fingerprint density at radius 3 is 2.55 bits per heavy atom. The molecule has 0 aliphatic heterocycles. The van der Waals surface area contributed by atoms with Gasteiger partial charge in [-0.3, -0.25) is 0 Å². The summed E-state index contributed by atoms with van der Waals surface area (Å²) in [6.07, 6.45) is 0.998. The number of rotatable bonds is 5. The van der Waals surface area contributed by atoms with E-state index in [0.717, 1.165) is 0 Å². The maximum absolute atomic E-state index is 10.3. The van der Waals surface area contributed by atoms with E-state index in [1.54, 1.807) is 0 Å². The van der Waals surface area contributed by atoms with Crippen LogP contribution in [0, 0.1) is 0 Å². The Hall–Kier alpha value is -0.780. The molecule has 0 amide bonds. The van der Waals surface area contributed by atoms with E-state index >= 15 is 0 Å². The molecule has 0 fully saturated rings. The summed E-state index contributed by atoms with van der Waals surface area (Å²) >= 11 is 0. The van der Waals surface area contributed by atoms with Crippen molar-refractivity contribution in [2.45, 2.75) is 12.8 Å². The van der Waals surface area contributed by atoms with Gasteiger partial charge >= 0.3 is 0 Å². The maximum atomic E-state index is 10.3. The van der Waals surface area contributed by atoms with Crippen LogP contribution in [0.25, 0.3) is 10.4 Å². The Kier molecular flexibility index (Phi) is 4.60. The Balaban J connectivity index is 3.36. The highest BCUT2D eigenvalue weighted by atomic mass is 32.2. The van der Waals surface area contributed by atoms with Gasteiger partial charge < -0.3 is 0 Å². The van der Waals surface area contributed by atoms with Crippen LogP contribution in [0.2, 0.25) is 0 Å². The normalized spacial score (nSPS) is 10.6. The monoisotopic (exact) mass is 178 g/mol. The second-order valence-corrected chi connectivity index (χ2v) is 3.76. The van der Waals surface area contributed by atoms with Crippen LogP contribution in [0.15, 0.2) is 5.11 Å². The number of hydrogen-bond acceptors (Lipinski definition) is 3. The van der Waals surface area contributed by atoms with Crippen LogP contribution in [0.5, 0.6) is 0 Å². The Morgan fingerprint density at radius 1 is 1.45 bits per heavy atom. The summed E-state index contributed by atoms with van der Waals surface area (Å²) in [5, 5.41) is 7.96. The largest absolute Gasteiger partial charge is 0.229 e. The molecular formula is C4H10N4O2S. The number of sulfonamides is 1. The molecule has 6 nitrogen and oxygen atoms in total. The molecule has 0 aromatic rings. The lowest BCUT2D eigenvalue weighted by Crippen LogP contribution is -2.16. The van der Waals surface area contributed by atoms with Gasteiger partial charge in [0.2, 0.25) is 10.0 Å². The van der Waals surface area contributed by atoms with Crippen molar-refractivity contribution in [2.24, 2.45) is 10.3 Å². The van der Waals surface area contributed by atoms with E-state index in [2.05, 4.69) is 10.0 Å². The maximum Gasteiger partial charge on any atom is 0.209 e. The highest BCUT2D eigenvalue weighted by Crippen LogP contribution is 1.92. The van der Waals surface area contributed by atoms with E-state index in [1.165, 1.54) is 0 Å². The van der Waals surface area contributed by atoms with Crippen molar-refractivity contribution in [3.8, 4) is 0 Å². The zero-order valence-corrected chi connectivity index (χ0v) is 6.79. The third-order valence-electron chi connectivity index (χ3n) is 1.00. The molecule has 0 radical (unpaired) electrons. The molecule has 0 bridgehead atoms. The first-order valence-corrected chi connectivity index (χ1v) is 4.79. The molecule has 0 rings (SSSR count). The quantitative estimate of drug-likeness (QED) is 0.284. The zero-order chi connectivity index (χ0) is 8.74. The minimum Gasteiger partial charge on any atom is -0.229 e. The molecule has 0 atom stereocenters. The fourth-order valence-electron chi connectivity index (χ4n) is 0.530. The fourth-order valence-corrected chi connectivity index (χ4v) is 1.14. The summed E-state index contributed by atoms with van der Waals surface area (Å²) in [4.78, 5) is 2.51. The van der Waals surface area contributed by atoms with Crippen LogP contribution in [0.1, 0.15) is 12.8 Å². The third kappa shape index (κ3) is 9.22. The molecule has 0 heterocycles. The molecule has 0 aliphatic carbocycles. The summed E-state index contributed by atoms with van der Waals surface area (Å²) in [5.74, 6) is -0.0477. The third-order valence-corrected chi connectivity index (χ3v) is 1.86. The molecule has 11 heavy (non-hydrogen) atoms. The molecule has 2 N–H and O–H groups in total. The zero-order valence-electron chi connectivity index (χ0n) is 5.97. The summed E-state index contributed by atoms with van der Waals surface area (Å²) in [6, 6.07) is 0. The van der Waals surface area contributed by atoms with Crippen LogP contribution in [-0.2, 0) is 10.0 Å². The highest BCUT2D eigenvalue weighted by Gasteiger charge is 1.99. The fraction of sp³-hybridized carbons (Fsp3) is 1.00. The number of hydrogen-bond donors (Lipinski definition) is 1. The first-order valence-electron chi connectivity index (χ1n) is 3.07. The summed E-state index contributed by atoms with van der Waals surface area (Å²) in [6.45, 7) is 0.325. The minimum atomic E-state index is -3.35. The Morgan fingerprint density at radius 2 is 2.09 bits per heavy atom. The van der Waals surface area contributed by atoms with E-state index < -0.39 is 10.0 Å². The van der Waals surface area contributed by atoms with E-state index in [4.69, 9.17) is 10.7 Å². The van der Waals surface area contributed by atoms with Crippen molar-refractivity contribution < 1.29 is 8.42 Å². The SMILES string of the molecule is [N-]=[N+]=NCCCCS(N)(=O)=O. The molecule has 0 aromatic heterocycles. The van der Waals surface area contributed by atoms with Crippen molar-refractivity contribution in [2.75, 3.05) is 12.3 Å². The standard InChI is InChI=1S/C4H10N4O2S/c5-8-7-3-1-2-4-11(6,9)10/h1-4H2,(H2,6,9,10). The van der Waals surface area contributed by atoms with Gasteiger partial charge in [-0.15, -0.1) is 0 Å². The smallest absolute Gasteiger partial charge is 0.209 e. The second kappa shape index (κ2) is 4.95. The van der Waals surface area contributed by atoms with Crippen molar-refractivity contribution in [3.05, 3.63) is 10.4 Å². The van der Waals surface area contributed by atoms with Crippen LogP contribution < -0.4 is 5.14 Å². The first-order chi connectivity index (χ1) is 5.06. The number of unbranched alkanes of at least 4 members (excludes halogenated alkanes) is 1. The molecule has 0 saturated heterocycles. The summed E-state index contributed by atoms with van der Waals surface area (Å²) in [7, 11) is -3.35. The van der Waals surface area contributed by atoms with Crippen LogP contribution in [-0.4, -0.2) is 20.7 Å². The predicted molar refractivity (Wildman–Crippen MR) is 41.2 cm³/mol. The number of primary sulfonamides is 1. The van der Waals surface area contributed by atoms with Gasteiger partial charge in [-0.1, -0.05) is 5.11 Å².